The smallest absolute Gasteiger partial charge is 0.217 e. The van der Waals surface area contributed by atoms with E-state index in [1.807, 2.05) is 0 Å². The zero-order valence-corrected chi connectivity index (χ0v) is 7.39. The summed E-state index contributed by atoms with van der Waals surface area (Å²) in [5, 5.41) is 5.58. The van der Waals surface area contributed by atoms with Crippen LogP contribution < -0.4 is 10.6 Å². The molecule has 12 heavy (non-hydrogen) atoms. The van der Waals surface area contributed by atoms with Crippen LogP contribution in [0, 0.1) is 0 Å². The Morgan fingerprint density at radius 2 is 1.33 bits per heavy atom. The second kappa shape index (κ2) is 3.56. The first-order chi connectivity index (χ1) is 5.58. The molecule has 2 N–H and O–H groups in total. The van der Waals surface area contributed by atoms with Crippen LogP contribution in [0.25, 0.3) is 0 Å². The average molecular weight is 170 g/mol. The summed E-state index contributed by atoms with van der Waals surface area (Å²) in [7, 11) is 0. The molecular weight excluding hydrogens is 156 g/mol. The number of carbonyl (C=O) groups excluding carboxylic acids is 2. The molecule has 68 valence electrons. The van der Waals surface area contributed by atoms with E-state index in [1.54, 1.807) is 0 Å². The topological polar surface area (TPSA) is 58.2 Å². The molecule has 0 spiro atoms. The summed E-state index contributed by atoms with van der Waals surface area (Å²) < 4.78 is 0. The van der Waals surface area contributed by atoms with Gasteiger partial charge in [0.2, 0.25) is 11.8 Å². The van der Waals surface area contributed by atoms with Gasteiger partial charge in [-0.1, -0.05) is 0 Å². The van der Waals surface area contributed by atoms with Crippen molar-refractivity contribution in [2.75, 3.05) is 0 Å². The molecule has 0 atom stereocenters. The first-order valence-electron chi connectivity index (χ1n) is 4.12. The third kappa shape index (κ3) is 2.53. The second-order valence-corrected chi connectivity index (χ2v) is 3.27. The molecule has 4 heteroatoms. The van der Waals surface area contributed by atoms with Crippen LogP contribution in [-0.4, -0.2) is 23.9 Å². The summed E-state index contributed by atoms with van der Waals surface area (Å²) in [5.41, 5.74) is 0. The van der Waals surface area contributed by atoms with Crippen LogP contribution in [0.3, 0.4) is 0 Å². The van der Waals surface area contributed by atoms with Crippen LogP contribution in [0.15, 0.2) is 0 Å². The molecule has 0 unspecified atom stereocenters. The highest BCUT2D eigenvalue weighted by Crippen LogP contribution is 2.19. The summed E-state index contributed by atoms with van der Waals surface area (Å²) in [6.07, 6.45) is 1.72. The molecule has 0 bridgehead atoms. The Morgan fingerprint density at radius 1 is 1.00 bits per heavy atom. The Kier molecular flexibility index (Phi) is 2.68. The predicted molar refractivity (Wildman–Crippen MR) is 44.4 cm³/mol. The first kappa shape index (κ1) is 9.03. The fourth-order valence-corrected chi connectivity index (χ4v) is 1.43. The quantitative estimate of drug-likeness (QED) is 0.602. The number of hydrogen-bond donors (Lipinski definition) is 2. The van der Waals surface area contributed by atoms with Gasteiger partial charge in [-0.3, -0.25) is 9.59 Å². The van der Waals surface area contributed by atoms with Crippen molar-refractivity contribution < 1.29 is 9.59 Å². The molecule has 0 aromatic heterocycles. The van der Waals surface area contributed by atoms with Crippen molar-refractivity contribution in [3.8, 4) is 0 Å². The minimum absolute atomic E-state index is 0.00118. The maximum absolute atomic E-state index is 10.6. The zero-order chi connectivity index (χ0) is 9.14. The van der Waals surface area contributed by atoms with Crippen LogP contribution in [-0.2, 0) is 9.59 Å². The van der Waals surface area contributed by atoms with Crippen molar-refractivity contribution in [2.24, 2.45) is 0 Å². The monoisotopic (exact) mass is 170 g/mol. The molecule has 2 amide bonds. The highest BCUT2D eigenvalue weighted by molar-refractivity contribution is 5.74. The molecule has 0 heterocycles. The molecule has 0 aliphatic heterocycles. The zero-order valence-electron chi connectivity index (χ0n) is 7.39. The third-order valence-corrected chi connectivity index (χ3v) is 1.95. The third-order valence-electron chi connectivity index (χ3n) is 1.95. The van der Waals surface area contributed by atoms with E-state index in [0.29, 0.717) is 0 Å². The molecule has 1 saturated carbocycles. The summed E-state index contributed by atoms with van der Waals surface area (Å²) in [5.74, 6) is 0.00236. The summed E-state index contributed by atoms with van der Waals surface area (Å²) >= 11 is 0. The summed E-state index contributed by atoms with van der Waals surface area (Å²) in [6, 6.07) is 0.527. The van der Waals surface area contributed by atoms with Crippen LogP contribution in [0.5, 0.6) is 0 Å². The van der Waals surface area contributed by atoms with E-state index in [2.05, 4.69) is 10.6 Å². The van der Waals surface area contributed by atoms with Crippen LogP contribution >= 0.6 is 0 Å². The lowest BCUT2D eigenvalue weighted by molar-refractivity contribution is -0.121. The molecule has 1 aliphatic rings. The van der Waals surface area contributed by atoms with Crippen LogP contribution in [0.2, 0.25) is 0 Å². The molecule has 4 nitrogen and oxygen atoms in total. The maximum atomic E-state index is 10.6. The van der Waals surface area contributed by atoms with E-state index in [-0.39, 0.29) is 23.9 Å². The minimum atomic E-state index is 0.00118. The first-order valence-corrected chi connectivity index (χ1v) is 4.12. The number of rotatable bonds is 2. The standard InChI is InChI=1S/C8H14N2O2/c1-5(11)9-7-3-8(4-7)10-6(2)12/h7-8H,3-4H2,1-2H3,(H,9,11)(H,10,12)/t7-,8-. The van der Waals surface area contributed by atoms with Crippen molar-refractivity contribution in [1.29, 1.82) is 0 Å². The molecule has 0 saturated heterocycles. The van der Waals surface area contributed by atoms with E-state index in [1.165, 1.54) is 13.8 Å². The van der Waals surface area contributed by atoms with Crippen LogP contribution in [0.1, 0.15) is 26.7 Å². The molecule has 1 aliphatic carbocycles. The fraction of sp³-hybridized carbons (Fsp3) is 0.750. The molecule has 0 aromatic rings. The molecule has 1 fully saturated rings. The molecular formula is C8H14N2O2. The predicted octanol–water partition coefficient (Wildman–Crippen LogP) is -0.210. The van der Waals surface area contributed by atoms with E-state index in [9.17, 15) is 9.59 Å². The van der Waals surface area contributed by atoms with Gasteiger partial charge in [-0.25, -0.2) is 0 Å². The van der Waals surface area contributed by atoms with E-state index >= 15 is 0 Å². The Hall–Kier alpha value is -1.06. The largest absolute Gasteiger partial charge is 0.353 e. The summed E-state index contributed by atoms with van der Waals surface area (Å²) in [4.78, 5) is 21.2. The maximum Gasteiger partial charge on any atom is 0.217 e. The van der Waals surface area contributed by atoms with Gasteiger partial charge in [-0.05, 0) is 12.8 Å². The Labute approximate surface area is 71.7 Å². The lowest BCUT2D eigenvalue weighted by Gasteiger charge is -2.35. The normalized spacial score (nSPS) is 27.2. The van der Waals surface area contributed by atoms with Gasteiger partial charge in [0.15, 0.2) is 0 Å². The highest BCUT2D eigenvalue weighted by atomic mass is 16.2. The minimum Gasteiger partial charge on any atom is -0.353 e. The van der Waals surface area contributed by atoms with Gasteiger partial charge in [0.25, 0.3) is 0 Å². The van der Waals surface area contributed by atoms with Crippen molar-refractivity contribution in [3.05, 3.63) is 0 Å². The van der Waals surface area contributed by atoms with Gasteiger partial charge in [-0.2, -0.15) is 0 Å². The molecule has 1 rings (SSSR count). The Bertz CT molecular complexity index is 177. The molecule has 0 aromatic carbocycles. The lowest BCUT2D eigenvalue weighted by atomic mass is 9.87. The van der Waals surface area contributed by atoms with Crippen LogP contribution in [0.4, 0.5) is 0 Å². The Balaban J connectivity index is 2.11. The van der Waals surface area contributed by atoms with Crippen molar-refractivity contribution in [3.63, 3.8) is 0 Å². The number of amides is 2. The SMILES string of the molecule is CC(=O)N[C@H]1C[C@H](NC(C)=O)C1. The van der Waals surface area contributed by atoms with Gasteiger partial charge in [-0.15, -0.1) is 0 Å². The van der Waals surface area contributed by atoms with Gasteiger partial charge in [0.1, 0.15) is 0 Å². The van der Waals surface area contributed by atoms with Gasteiger partial charge in [0.05, 0.1) is 0 Å². The number of hydrogen-bond acceptors (Lipinski definition) is 2. The van der Waals surface area contributed by atoms with E-state index in [4.69, 9.17) is 0 Å². The van der Waals surface area contributed by atoms with Gasteiger partial charge >= 0.3 is 0 Å². The van der Waals surface area contributed by atoms with E-state index < -0.39 is 0 Å². The van der Waals surface area contributed by atoms with E-state index in [0.717, 1.165) is 12.8 Å². The number of carbonyl (C=O) groups is 2. The van der Waals surface area contributed by atoms with Crippen molar-refractivity contribution >= 4 is 11.8 Å². The summed E-state index contributed by atoms with van der Waals surface area (Å²) in [6.45, 7) is 3.01. The highest BCUT2D eigenvalue weighted by Gasteiger charge is 2.29. The fourth-order valence-electron chi connectivity index (χ4n) is 1.43. The van der Waals surface area contributed by atoms with Gasteiger partial charge < -0.3 is 10.6 Å². The van der Waals surface area contributed by atoms with Crippen molar-refractivity contribution in [2.45, 2.75) is 38.8 Å². The Morgan fingerprint density at radius 3 is 1.58 bits per heavy atom. The molecule has 0 radical (unpaired) electrons. The second-order valence-electron chi connectivity index (χ2n) is 3.27. The average Bonchev–Trinajstić information content (AvgIpc) is 1.80. The lowest BCUT2D eigenvalue weighted by Crippen LogP contribution is -2.52. The van der Waals surface area contributed by atoms with Gasteiger partial charge in [0, 0.05) is 25.9 Å². The van der Waals surface area contributed by atoms with Crippen molar-refractivity contribution in [1.82, 2.24) is 10.6 Å². The number of nitrogens with one attached hydrogen (secondary N) is 2.